The summed E-state index contributed by atoms with van der Waals surface area (Å²) in [5, 5.41) is 0. The number of carbonyl (C=O) groups is 1. The summed E-state index contributed by atoms with van der Waals surface area (Å²) in [6.07, 6.45) is 4.15. The molecular formula is C13H16N4O2. The first-order valence-corrected chi connectivity index (χ1v) is 5.99. The molecule has 6 nitrogen and oxygen atoms in total. The quantitative estimate of drug-likeness (QED) is 0.837. The lowest BCUT2D eigenvalue weighted by atomic mass is 10.3. The van der Waals surface area contributed by atoms with Gasteiger partial charge in [-0.1, -0.05) is 13.0 Å². The van der Waals surface area contributed by atoms with Crippen LogP contribution in [0.25, 0.3) is 0 Å². The van der Waals surface area contributed by atoms with Gasteiger partial charge in [0.1, 0.15) is 11.6 Å². The zero-order valence-electron chi connectivity index (χ0n) is 11.0. The highest BCUT2D eigenvalue weighted by atomic mass is 16.5. The lowest BCUT2D eigenvalue weighted by Crippen LogP contribution is -2.10. The van der Waals surface area contributed by atoms with Crippen LogP contribution in [-0.2, 0) is 17.7 Å². The molecular weight excluding hydrogens is 244 g/mol. The molecule has 0 aliphatic heterocycles. The molecule has 0 amide bonds. The van der Waals surface area contributed by atoms with Crippen molar-refractivity contribution in [3.8, 4) is 0 Å². The topological polar surface area (TPSA) is 83.0 Å². The molecule has 0 spiro atoms. The molecule has 2 N–H and O–H groups in total. The number of methoxy groups -OCH3 is 1. The number of esters is 1. The smallest absolute Gasteiger partial charge is 0.360 e. The standard InChI is InChI=1S/C13H16N4O2/c1-3-10-16-11(13(18)19-2)12(14)17(10)8-9-5-4-6-15-7-9/h4-7H,3,8,14H2,1-2H3. The van der Waals surface area contributed by atoms with E-state index >= 15 is 0 Å². The van der Waals surface area contributed by atoms with Crippen LogP contribution in [0.3, 0.4) is 0 Å². The first-order valence-electron chi connectivity index (χ1n) is 5.99. The Morgan fingerprint density at radius 3 is 2.89 bits per heavy atom. The van der Waals surface area contributed by atoms with E-state index in [4.69, 9.17) is 5.73 Å². The van der Waals surface area contributed by atoms with Gasteiger partial charge in [0.05, 0.1) is 13.7 Å². The van der Waals surface area contributed by atoms with E-state index in [-0.39, 0.29) is 5.69 Å². The monoisotopic (exact) mass is 260 g/mol. The van der Waals surface area contributed by atoms with Crippen LogP contribution >= 0.6 is 0 Å². The Labute approximate surface area is 111 Å². The molecule has 0 radical (unpaired) electrons. The SMILES string of the molecule is CCc1nc(C(=O)OC)c(N)n1Cc1cccnc1. The van der Waals surface area contributed by atoms with Crippen LogP contribution in [0.2, 0.25) is 0 Å². The van der Waals surface area contributed by atoms with Crippen molar-refractivity contribution in [2.75, 3.05) is 12.8 Å². The minimum absolute atomic E-state index is 0.170. The maximum absolute atomic E-state index is 11.6. The van der Waals surface area contributed by atoms with Crippen molar-refractivity contribution in [2.45, 2.75) is 19.9 Å². The molecule has 0 atom stereocenters. The lowest BCUT2D eigenvalue weighted by molar-refractivity contribution is 0.0595. The molecule has 2 aromatic heterocycles. The molecule has 0 saturated heterocycles. The van der Waals surface area contributed by atoms with Crippen LogP contribution in [0.15, 0.2) is 24.5 Å². The zero-order chi connectivity index (χ0) is 13.8. The number of carbonyl (C=O) groups excluding carboxylic acids is 1. The number of hydrogen-bond donors (Lipinski definition) is 1. The van der Waals surface area contributed by atoms with E-state index in [1.165, 1.54) is 7.11 Å². The molecule has 0 unspecified atom stereocenters. The number of aryl methyl sites for hydroxylation is 1. The van der Waals surface area contributed by atoms with Gasteiger partial charge in [-0.15, -0.1) is 0 Å². The van der Waals surface area contributed by atoms with Crippen LogP contribution < -0.4 is 5.73 Å². The molecule has 19 heavy (non-hydrogen) atoms. The third-order valence-corrected chi connectivity index (χ3v) is 2.84. The minimum Gasteiger partial charge on any atom is -0.464 e. The Balaban J connectivity index is 2.39. The van der Waals surface area contributed by atoms with E-state index in [2.05, 4.69) is 14.7 Å². The summed E-state index contributed by atoms with van der Waals surface area (Å²) in [4.78, 5) is 19.9. The normalized spacial score (nSPS) is 10.4. The van der Waals surface area contributed by atoms with Crippen molar-refractivity contribution >= 4 is 11.8 Å². The third kappa shape index (κ3) is 2.57. The van der Waals surface area contributed by atoms with Gasteiger partial charge in [-0.3, -0.25) is 4.98 Å². The molecule has 0 aromatic carbocycles. The number of anilines is 1. The second kappa shape index (κ2) is 5.51. The third-order valence-electron chi connectivity index (χ3n) is 2.84. The first kappa shape index (κ1) is 13.1. The van der Waals surface area contributed by atoms with Gasteiger partial charge in [0.25, 0.3) is 0 Å². The molecule has 0 saturated carbocycles. The summed E-state index contributed by atoms with van der Waals surface area (Å²) >= 11 is 0. The fraction of sp³-hybridized carbons (Fsp3) is 0.308. The summed E-state index contributed by atoms with van der Waals surface area (Å²) in [6, 6.07) is 3.80. The highest BCUT2D eigenvalue weighted by Crippen LogP contribution is 2.18. The zero-order valence-corrected chi connectivity index (χ0v) is 11.0. The average Bonchev–Trinajstić information content (AvgIpc) is 2.76. The Morgan fingerprint density at radius 1 is 1.53 bits per heavy atom. The number of rotatable bonds is 4. The van der Waals surface area contributed by atoms with Gasteiger partial charge in [0.15, 0.2) is 5.69 Å². The van der Waals surface area contributed by atoms with Crippen molar-refractivity contribution in [3.05, 3.63) is 41.6 Å². The van der Waals surface area contributed by atoms with Crippen molar-refractivity contribution in [2.24, 2.45) is 0 Å². The predicted molar refractivity (Wildman–Crippen MR) is 70.7 cm³/mol. The Morgan fingerprint density at radius 2 is 2.32 bits per heavy atom. The molecule has 0 fully saturated rings. The van der Waals surface area contributed by atoms with Crippen molar-refractivity contribution < 1.29 is 9.53 Å². The Kier molecular flexibility index (Phi) is 3.79. The lowest BCUT2D eigenvalue weighted by Gasteiger charge is -2.08. The van der Waals surface area contributed by atoms with Crippen LogP contribution in [0, 0.1) is 0 Å². The van der Waals surface area contributed by atoms with Gasteiger partial charge in [-0.25, -0.2) is 9.78 Å². The summed E-state index contributed by atoms with van der Waals surface area (Å²) in [7, 11) is 1.31. The molecule has 100 valence electrons. The number of nitrogens with two attached hydrogens (primary N) is 1. The fourth-order valence-corrected chi connectivity index (χ4v) is 1.88. The maximum atomic E-state index is 11.6. The van der Waals surface area contributed by atoms with E-state index in [0.717, 1.165) is 11.4 Å². The highest BCUT2D eigenvalue weighted by Gasteiger charge is 2.20. The van der Waals surface area contributed by atoms with E-state index < -0.39 is 5.97 Å². The number of hydrogen-bond acceptors (Lipinski definition) is 5. The van der Waals surface area contributed by atoms with Crippen LogP contribution in [0.1, 0.15) is 28.8 Å². The second-order valence-electron chi connectivity index (χ2n) is 4.05. The maximum Gasteiger partial charge on any atom is 0.360 e. The van der Waals surface area contributed by atoms with Crippen molar-refractivity contribution in [1.82, 2.24) is 14.5 Å². The average molecular weight is 260 g/mol. The minimum atomic E-state index is -0.517. The highest BCUT2D eigenvalue weighted by molar-refractivity contribution is 5.92. The van der Waals surface area contributed by atoms with Gasteiger partial charge >= 0.3 is 5.97 Å². The summed E-state index contributed by atoms with van der Waals surface area (Å²) in [6.45, 7) is 2.50. The first-order chi connectivity index (χ1) is 9.17. The van der Waals surface area contributed by atoms with E-state index in [9.17, 15) is 4.79 Å². The Bertz CT molecular complexity index is 578. The summed E-state index contributed by atoms with van der Waals surface area (Å²) < 4.78 is 6.48. The van der Waals surface area contributed by atoms with Crippen LogP contribution in [-0.4, -0.2) is 27.6 Å². The fourth-order valence-electron chi connectivity index (χ4n) is 1.88. The second-order valence-corrected chi connectivity index (χ2v) is 4.05. The number of aromatic nitrogens is 3. The molecule has 0 aliphatic rings. The number of nitrogens with zero attached hydrogens (tertiary/aromatic N) is 3. The largest absolute Gasteiger partial charge is 0.464 e. The predicted octanol–water partition coefficient (Wildman–Crippen LogP) is 1.26. The van der Waals surface area contributed by atoms with Gasteiger partial charge < -0.3 is 15.0 Å². The van der Waals surface area contributed by atoms with Crippen molar-refractivity contribution in [1.29, 1.82) is 0 Å². The van der Waals surface area contributed by atoms with Crippen molar-refractivity contribution in [3.63, 3.8) is 0 Å². The molecule has 0 bridgehead atoms. The number of pyridine rings is 1. The molecule has 0 aliphatic carbocycles. The number of ether oxygens (including phenoxy) is 1. The number of imidazole rings is 1. The van der Waals surface area contributed by atoms with Gasteiger partial charge in [-0.2, -0.15) is 0 Å². The van der Waals surface area contributed by atoms with Gasteiger partial charge in [0.2, 0.25) is 0 Å². The van der Waals surface area contributed by atoms with E-state index in [0.29, 0.717) is 18.8 Å². The number of nitrogen functional groups attached to an aromatic ring is 1. The molecule has 6 heteroatoms. The van der Waals surface area contributed by atoms with Crippen LogP contribution in [0.4, 0.5) is 5.82 Å². The van der Waals surface area contributed by atoms with Gasteiger partial charge in [-0.05, 0) is 11.6 Å². The Hall–Kier alpha value is -2.37. The van der Waals surface area contributed by atoms with Crippen LogP contribution in [0.5, 0.6) is 0 Å². The van der Waals surface area contributed by atoms with E-state index in [1.54, 1.807) is 12.4 Å². The summed E-state index contributed by atoms with van der Waals surface area (Å²) in [5.41, 5.74) is 7.15. The molecule has 2 rings (SSSR count). The van der Waals surface area contributed by atoms with E-state index in [1.807, 2.05) is 23.6 Å². The summed E-state index contributed by atoms with van der Waals surface area (Å²) in [5.74, 6) is 0.562. The molecule has 2 heterocycles. The van der Waals surface area contributed by atoms with Gasteiger partial charge in [0, 0.05) is 18.8 Å². The molecule has 2 aromatic rings.